The summed E-state index contributed by atoms with van der Waals surface area (Å²) in [7, 11) is 6.26. The molecule has 1 fully saturated rings. The topological polar surface area (TPSA) is 91.3 Å². The summed E-state index contributed by atoms with van der Waals surface area (Å²) in [6.07, 6.45) is 1.49. The van der Waals surface area contributed by atoms with Gasteiger partial charge in [-0.2, -0.15) is 0 Å². The fourth-order valence-corrected chi connectivity index (χ4v) is 2.30. The zero-order valence-corrected chi connectivity index (χ0v) is 15.7. The number of rotatable bonds is 6. The first-order valence-electron chi connectivity index (χ1n) is 8.61. The van der Waals surface area contributed by atoms with Crippen molar-refractivity contribution in [1.82, 2.24) is 15.1 Å². The number of ether oxygens (including phenoxy) is 2. The molecule has 2 N–H and O–H groups in total. The Hall–Kier alpha value is -2.32. The maximum Gasteiger partial charge on any atom is 0.414 e. The van der Waals surface area contributed by atoms with Crippen LogP contribution >= 0.6 is 0 Å². The second-order valence-electron chi connectivity index (χ2n) is 6.81. The molecule has 8 nitrogen and oxygen atoms in total. The zero-order chi connectivity index (χ0) is 19.3. The molecule has 8 heteroatoms. The molecule has 1 unspecified atom stereocenters. The Kier molecular flexibility index (Phi) is 6.82. The van der Waals surface area contributed by atoms with Gasteiger partial charge in [0.05, 0.1) is 6.10 Å². The van der Waals surface area contributed by atoms with Gasteiger partial charge in [-0.15, -0.1) is 0 Å². The lowest BCUT2D eigenvalue weighted by atomic mass is 9.93. The summed E-state index contributed by atoms with van der Waals surface area (Å²) in [4.78, 5) is 26.2. The van der Waals surface area contributed by atoms with Crippen LogP contribution in [-0.2, 0) is 0 Å². The second-order valence-corrected chi connectivity index (χ2v) is 6.81. The van der Waals surface area contributed by atoms with Crippen molar-refractivity contribution in [3.05, 3.63) is 23.8 Å². The third-order valence-electron chi connectivity index (χ3n) is 4.13. The van der Waals surface area contributed by atoms with E-state index in [1.807, 2.05) is 0 Å². The number of benzene rings is 1. The molecule has 26 heavy (non-hydrogen) atoms. The molecule has 144 valence electrons. The van der Waals surface area contributed by atoms with Crippen molar-refractivity contribution in [2.75, 3.05) is 34.7 Å². The van der Waals surface area contributed by atoms with Gasteiger partial charge in [0, 0.05) is 46.8 Å². The predicted octanol–water partition coefficient (Wildman–Crippen LogP) is 1.98. The lowest BCUT2D eigenvalue weighted by Gasteiger charge is -2.28. The van der Waals surface area contributed by atoms with Crippen LogP contribution in [0, 0.1) is 0 Å². The molecular weight excluding hydrogens is 338 g/mol. The number of hydrogen-bond acceptors (Lipinski definition) is 6. The van der Waals surface area contributed by atoms with E-state index in [1.54, 1.807) is 40.3 Å². The highest BCUT2D eigenvalue weighted by atomic mass is 16.6. The van der Waals surface area contributed by atoms with Gasteiger partial charge >= 0.3 is 12.2 Å². The molecule has 0 bridgehead atoms. The Labute approximate surface area is 153 Å². The predicted molar refractivity (Wildman–Crippen MR) is 96.5 cm³/mol. The molecule has 0 heterocycles. The highest BCUT2D eigenvalue weighted by molar-refractivity contribution is 5.72. The molecule has 0 aliphatic heterocycles. The van der Waals surface area contributed by atoms with Crippen molar-refractivity contribution < 1.29 is 24.2 Å². The molecule has 0 radical (unpaired) electrons. The van der Waals surface area contributed by atoms with E-state index < -0.39 is 18.3 Å². The lowest BCUT2D eigenvalue weighted by Crippen LogP contribution is -2.37. The molecule has 1 saturated carbocycles. The van der Waals surface area contributed by atoms with E-state index >= 15 is 0 Å². The molecule has 1 aromatic carbocycles. The normalized spacial score (nSPS) is 15.0. The van der Waals surface area contributed by atoms with Crippen LogP contribution in [0.25, 0.3) is 0 Å². The van der Waals surface area contributed by atoms with Crippen LogP contribution in [0.1, 0.15) is 30.9 Å². The third-order valence-corrected chi connectivity index (χ3v) is 4.13. The van der Waals surface area contributed by atoms with Crippen molar-refractivity contribution >= 4 is 12.2 Å². The molecule has 1 aromatic rings. The number of carbonyl (C=O) groups is 2. The lowest BCUT2D eigenvalue weighted by molar-refractivity contribution is 0.157. The largest absolute Gasteiger partial charge is 0.414 e. The first kappa shape index (κ1) is 20.0. The second kappa shape index (κ2) is 8.86. The van der Waals surface area contributed by atoms with Gasteiger partial charge < -0.3 is 29.7 Å². The average Bonchev–Trinajstić information content (AvgIpc) is 2.52. The number of hydrogen-bond donors (Lipinski definition) is 2. The van der Waals surface area contributed by atoms with Crippen LogP contribution in [-0.4, -0.2) is 67.9 Å². The zero-order valence-electron chi connectivity index (χ0n) is 15.7. The van der Waals surface area contributed by atoms with Crippen LogP contribution < -0.4 is 14.8 Å². The molecule has 2 amide bonds. The van der Waals surface area contributed by atoms with Crippen LogP contribution in [0.2, 0.25) is 0 Å². The highest BCUT2D eigenvalue weighted by Gasteiger charge is 2.20. The molecule has 1 atom stereocenters. The van der Waals surface area contributed by atoms with Crippen LogP contribution in [0.15, 0.2) is 18.2 Å². The molecule has 0 spiro atoms. The Morgan fingerprint density at radius 3 is 1.96 bits per heavy atom. The van der Waals surface area contributed by atoms with E-state index in [9.17, 15) is 14.7 Å². The van der Waals surface area contributed by atoms with E-state index in [0.717, 1.165) is 12.8 Å². The first-order valence-corrected chi connectivity index (χ1v) is 8.61. The van der Waals surface area contributed by atoms with Gasteiger partial charge in [-0.1, -0.05) is 6.42 Å². The van der Waals surface area contributed by atoms with Gasteiger partial charge in [-0.3, -0.25) is 0 Å². The quantitative estimate of drug-likeness (QED) is 0.801. The van der Waals surface area contributed by atoms with Crippen LogP contribution in [0.5, 0.6) is 11.5 Å². The minimum absolute atomic E-state index is 0.199. The van der Waals surface area contributed by atoms with E-state index in [1.165, 1.54) is 22.3 Å². The monoisotopic (exact) mass is 365 g/mol. The third kappa shape index (κ3) is 5.60. The summed E-state index contributed by atoms with van der Waals surface area (Å²) in [6.45, 7) is 0.372. The first-order chi connectivity index (χ1) is 12.3. The minimum atomic E-state index is -0.814. The maximum absolute atomic E-state index is 11.8. The molecule has 0 saturated heterocycles. The van der Waals surface area contributed by atoms with E-state index in [2.05, 4.69) is 5.32 Å². The Morgan fingerprint density at radius 1 is 1.08 bits per heavy atom. The Balaban J connectivity index is 2.17. The summed E-state index contributed by atoms with van der Waals surface area (Å²) in [5, 5.41) is 13.8. The SMILES string of the molecule is CN(C)C(=O)Oc1cc(OC(=O)N(C)C)cc(C(O)CNC2CCC2)c1. The molecule has 0 aromatic heterocycles. The van der Waals surface area contributed by atoms with Gasteiger partial charge in [0.1, 0.15) is 11.5 Å². The number of aliphatic hydroxyl groups is 1. The van der Waals surface area contributed by atoms with E-state index in [4.69, 9.17) is 9.47 Å². The van der Waals surface area contributed by atoms with Gasteiger partial charge in [0.15, 0.2) is 0 Å². The van der Waals surface area contributed by atoms with Crippen LogP contribution in [0.3, 0.4) is 0 Å². The van der Waals surface area contributed by atoms with Crippen molar-refractivity contribution in [3.63, 3.8) is 0 Å². The molecule has 1 aliphatic carbocycles. The van der Waals surface area contributed by atoms with Gasteiger partial charge in [-0.05, 0) is 30.5 Å². The summed E-state index contributed by atoms with van der Waals surface area (Å²) in [5.41, 5.74) is 0.502. The average molecular weight is 365 g/mol. The van der Waals surface area contributed by atoms with Crippen molar-refractivity contribution in [2.24, 2.45) is 0 Å². The number of aliphatic hydroxyl groups excluding tert-OH is 1. The van der Waals surface area contributed by atoms with E-state index in [0.29, 0.717) is 18.2 Å². The fraction of sp³-hybridized carbons (Fsp3) is 0.556. The Morgan fingerprint density at radius 2 is 1.58 bits per heavy atom. The van der Waals surface area contributed by atoms with Crippen molar-refractivity contribution in [1.29, 1.82) is 0 Å². The highest BCUT2D eigenvalue weighted by Crippen LogP contribution is 2.28. The van der Waals surface area contributed by atoms with Gasteiger partial charge in [0.25, 0.3) is 0 Å². The van der Waals surface area contributed by atoms with Crippen molar-refractivity contribution in [2.45, 2.75) is 31.4 Å². The molecule has 2 rings (SSSR count). The number of nitrogens with zero attached hydrogens (tertiary/aromatic N) is 2. The fourth-order valence-electron chi connectivity index (χ4n) is 2.30. The summed E-state index contributed by atoms with van der Waals surface area (Å²) in [5.74, 6) is 0.399. The number of carbonyl (C=O) groups excluding carboxylic acids is 2. The standard InChI is InChI=1S/C18H27N3O5/c1-20(2)17(23)25-14-8-12(16(22)11-19-13-6-5-7-13)9-15(10-14)26-18(24)21(3)4/h8-10,13,16,19,22H,5-7,11H2,1-4H3. The van der Waals surface area contributed by atoms with Crippen molar-refractivity contribution in [3.8, 4) is 11.5 Å². The maximum atomic E-state index is 11.8. The van der Waals surface area contributed by atoms with Gasteiger partial charge in [-0.25, -0.2) is 9.59 Å². The van der Waals surface area contributed by atoms with E-state index in [-0.39, 0.29) is 11.5 Å². The molecular formula is C18H27N3O5. The number of nitrogens with one attached hydrogen (secondary N) is 1. The van der Waals surface area contributed by atoms with Gasteiger partial charge in [0.2, 0.25) is 0 Å². The minimum Gasteiger partial charge on any atom is -0.410 e. The number of amides is 2. The Bertz CT molecular complexity index is 603. The molecule has 1 aliphatic rings. The smallest absolute Gasteiger partial charge is 0.410 e. The summed E-state index contributed by atoms with van der Waals surface area (Å²) >= 11 is 0. The summed E-state index contributed by atoms with van der Waals surface area (Å²) in [6, 6.07) is 5.02. The summed E-state index contributed by atoms with van der Waals surface area (Å²) < 4.78 is 10.5. The van der Waals surface area contributed by atoms with Crippen LogP contribution in [0.4, 0.5) is 9.59 Å².